The summed E-state index contributed by atoms with van der Waals surface area (Å²) < 4.78 is 22.3. The molecule has 10 heteroatoms. The second-order valence-corrected chi connectivity index (χ2v) is 20.8. The lowest BCUT2D eigenvalue weighted by atomic mass is 9.99. The quantitative estimate of drug-likeness (QED) is 0.0263. The van der Waals surface area contributed by atoms with Gasteiger partial charge < -0.3 is 39.4 Å². The molecule has 1 saturated heterocycles. The van der Waals surface area contributed by atoms with E-state index < -0.39 is 49.4 Å². The molecule has 0 aromatic carbocycles. The fourth-order valence-corrected chi connectivity index (χ4v) is 9.30. The molecule has 0 bridgehead atoms. The Morgan fingerprint density at radius 2 is 0.819 bits per heavy atom. The van der Waals surface area contributed by atoms with E-state index in [2.05, 4.69) is 62.5 Å². The summed E-state index contributed by atoms with van der Waals surface area (Å²) in [6.45, 7) is 3.36. The van der Waals surface area contributed by atoms with Crippen molar-refractivity contribution in [2.24, 2.45) is 0 Å². The molecule has 0 aromatic heterocycles. The van der Waals surface area contributed by atoms with Crippen LogP contribution in [0.25, 0.3) is 0 Å². The molecule has 0 amide bonds. The first-order chi connectivity index (χ1) is 35.3. The average molecular weight is 1020 g/mol. The molecule has 6 unspecified atom stereocenters. The highest BCUT2D eigenvalue weighted by atomic mass is 16.7. The molecule has 1 rings (SSSR count). The van der Waals surface area contributed by atoms with Crippen LogP contribution in [0.5, 0.6) is 0 Å². The molecule has 0 aliphatic carbocycles. The zero-order valence-electron chi connectivity index (χ0n) is 46.4. The third-order valence-electron chi connectivity index (χ3n) is 14.0. The Labute approximate surface area is 441 Å². The molecule has 1 heterocycles. The summed E-state index contributed by atoms with van der Waals surface area (Å²) in [4.78, 5) is 25.6. The van der Waals surface area contributed by atoms with Crippen LogP contribution in [0.15, 0.2) is 48.6 Å². The van der Waals surface area contributed by atoms with E-state index in [-0.39, 0.29) is 32.0 Å². The highest BCUT2D eigenvalue weighted by Gasteiger charge is 2.44. The molecule has 0 saturated carbocycles. The van der Waals surface area contributed by atoms with Gasteiger partial charge >= 0.3 is 11.9 Å². The minimum Gasteiger partial charge on any atom is -0.462 e. The van der Waals surface area contributed by atoms with Crippen LogP contribution in [0, 0.1) is 0 Å². The van der Waals surface area contributed by atoms with Gasteiger partial charge in [-0.15, -0.1) is 0 Å². The van der Waals surface area contributed by atoms with Crippen molar-refractivity contribution in [3.63, 3.8) is 0 Å². The van der Waals surface area contributed by atoms with Crippen molar-refractivity contribution in [3.8, 4) is 0 Å². The maximum Gasteiger partial charge on any atom is 0.306 e. The SMILES string of the molecule is CC/C=C\C/C=C\C/C=C\C/C=C\CCCCCCCCCCCCC(=O)OC(COC(=O)CCCCCCCCCCCCCCCCCCCCCCCCCC)COC1OC(CO)C(O)C(O)C1O. The average Bonchev–Trinajstić information content (AvgIpc) is 3.38. The number of aliphatic hydroxyl groups is 4. The van der Waals surface area contributed by atoms with Gasteiger partial charge in [-0.05, 0) is 51.4 Å². The number of hydrogen-bond acceptors (Lipinski definition) is 10. The molecular formula is C62H112O10. The molecule has 4 N–H and O–H groups in total. The Morgan fingerprint density at radius 3 is 1.24 bits per heavy atom. The van der Waals surface area contributed by atoms with Gasteiger partial charge in [0.25, 0.3) is 0 Å². The highest BCUT2D eigenvalue weighted by molar-refractivity contribution is 5.70. The maximum absolute atomic E-state index is 12.9. The molecule has 1 fully saturated rings. The molecule has 0 spiro atoms. The summed E-state index contributed by atoms with van der Waals surface area (Å²) >= 11 is 0. The van der Waals surface area contributed by atoms with Crippen LogP contribution in [0.3, 0.4) is 0 Å². The number of carbonyl (C=O) groups is 2. The van der Waals surface area contributed by atoms with Crippen LogP contribution in [0.2, 0.25) is 0 Å². The summed E-state index contributed by atoms with van der Waals surface area (Å²) in [6, 6.07) is 0. The third-order valence-corrected chi connectivity index (χ3v) is 14.0. The van der Waals surface area contributed by atoms with Gasteiger partial charge in [0.2, 0.25) is 0 Å². The largest absolute Gasteiger partial charge is 0.462 e. The first-order valence-electron chi connectivity index (χ1n) is 30.2. The number of rotatable bonds is 52. The zero-order chi connectivity index (χ0) is 52.2. The maximum atomic E-state index is 12.9. The predicted octanol–water partition coefficient (Wildman–Crippen LogP) is 15.5. The van der Waals surface area contributed by atoms with Gasteiger partial charge in [-0.3, -0.25) is 9.59 Å². The van der Waals surface area contributed by atoms with Crippen molar-refractivity contribution >= 4 is 11.9 Å². The Bertz CT molecular complexity index is 1310. The van der Waals surface area contributed by atoms with E-state index in [1.54, 1.807) is 0 Å². The van der Waals surface area contributed by atoms with Gasteiger partial charge in [0.05, 0.1) is 13.2 Å². The van der Waals surface area contributed by atoms with Crippen LogP contribution in [-0.2, 0) is 28.5 Å². The number of carbonyl (C=O) groups excluding carboxylic acids is 2. The normalized spacial score (nSPS) is 18.9. The van der Waals surface area contributed by atoms with Crippen LogP contribution >= 0.6 is 0 Å². The van der Waals surface area contributed by atoms with E-state index in [1.165, 1.54) is 173 Å². The van der Waals surface area contributed by atoms with E-state index >= 15 is 0 Å². The second-order valence-electron chi connectivity index (χ2n) is 20.8. The Morgan fingerprint density at radius 1 is 0.444 bits per heavy atom. The lowest BCUT2D eigenvalue weighted by Gasteiger charge is -2.39. The number of allylic oxidation sites excluding steroid dienone is 8. The molecule has 0 aromatic rings. The molecule has 10 nitrogen and oxygen atoms in total. The molecule has 1 aliphatic heterocycles. The van der Waals surface area contributed by atoms with Crippen molar-refractivity contribution in [1.29, 1.82) is 0 Å². The van der Waals surface area contributed by atoms with Crippen molar-refractivity contribution in [3.05, 3.63) is 48.6 Å². The van der Waals surface area contributed by atoms with Gasteiger partial charge in [0.15, 0.2) is 12.4 Å². The molecule has 1 aliphatic rings. The Hall–Kier alpha value is -2.34. The van der Waals surface area contributed by atoms with Crippen molar-refractivity contribution in [2.45, 2.75) is 314 Å². The lowest BCUT2D eigenvalue weighted by molar-refractivity contribution is -0.305. The van der Waals surface area contributed by atoms with Crippen molar-refractivity contribution < 1.29 is 49.0 Å². The number of unbranched alkanes of at least 4 members (excludes halogenated alkanes) is 33. The summed E-state index contributed by atoms with van der Waals surface area (Å²) in [5, 5.41) is 40.4. The molecule has 72 heavy (non-hydrogen) atoms. The fourth-order valence-electron chi connectivity index (χ4n) is 9.30. The molecule has 420 valence electrons. The number of esters is 2. The summed E-state index contributed by atoms with van der Waals surface area (Å²) in [5.41, 5.74) is 0. The highest BCUT2D eigenvalue weighted by Crippen LogP contribution is 2.23. The summed E-state index contributed by atoms with van der Waals surface area (Å²) in [7, 11) is 0. The Balaban J connectivity index is 2.17. The number of hydrogen-bond donors (Lipinski definition) is 4. The van der Waals surface area contributed by atoms with Gasteiger partial charge in [0, 0.05) is 12.8 Å². The van der Waals surface area contributed by atoms with E-state index in [1.807, 2.05) is 0 Å². The zero-order valence-corrected chi connectivity index (χ0v) is 46.4. The smallest absolute Gasteiger partial charge is 0.306 e. The van der Waals surface area contributed by atoms with E-state index in [0.29, 0.717) is 6.42 Å². The van der Waals surface area contributed by atoms with Crippen LogP contribution in [0.4, 0.5) is 0 Å². The van der Waals surface area contributed by atoms with Crippen LogP contribution in [-0.4, -0.2) is 89.0 Å². The molecule has 6 atom stereocenters. The van der Waals surface area contributed by atoms with Gasteiger partial charge in [-0.25, -0.2) is 0 Å². The lowest BCUT2D eigenvalue weighted by Crippen LogP contribution is -2.59. The summed E-state index contributed by atoms with van der Waals surface area (Å²) in [5.74, 6) is -0.798. The third kappa shape index (κ3) is 41.9. The van der Waals surface area contributed by atoms with Crippen LogP contribution < -0.4 is 0 Å². The monoisotopic (exact) mass is 1020 g/mol. The van der Waals surface area contributed by atoms with Gasteiger partial charge in [-0.2, -0.15) is 0 Å². The number of ether oxygens (including phenoxy) is 4. The first-order valence-corrected chi connectivity index (χ1v) is 30.2. The van der Waals surface area contributed by atoms with Crippen LogP contribution in [0.1, 0.15) is 277 Å². The van der Waals surface area contributed by atoms with Gasteiger partial charge in [0.1, 0.15) is 31.0 Å². The van der Waals surface area contributed by atoms with E-state index in [0.717, 1.165) is 70.6 Å². The number of aliphatic hydroxyl groups excluding tert-OH is 4. The van der Waals surface area contributed by atoms with Crippen molar-refractivity contribution in [2.75, 3.05) is 19.8 Å². The van der Waals surface area contributed by atoms with Crippen molar-refractivity contribution in [1.82, 2.24) is 0 Å². The molecule has 0 radical (unpaired) electrons. The van der Waals surface area contributed by atoms with E-state index in [9.17, 15) is 30.0 Å². The minimum absolute atomic E-state index is 0.216. The predicted molar refractivity (Wildman–Crippen MR) is 298 cm³/mol. The topological polar surface area (TPSA) is 152 Å². The first kappa shape index (κ1) is 67.7. The second kappa shape index (κ2) is 52.1. The van der Waals surface area contributed by atoms with Gasteiger partial charge in [-0.1, -0.05) is 262 Å². The van der Waals surface area contributed by atoms with E-state index in [4.69, 9.17) is 18.9 Å². The Kier molecular flexibility index (Phi) is 49.0. The molecular weight excluding hydrogens is 905 g/mol. The fraction of sp³-hybridized carbons (Fsp3) is 0.839. The standard InChI is InChI=1S/C62H112O10/c1-3-5-7-9-11-13-15-17-19-21-23-25-27-29-30-32-34-36-38-40-42-44-46-48-50-57(64)69-53-55(54-70-62-61(68)60(67)59(66)56(52-63)72-62)71-58(65)51-49-47-45-43-41-39-37-35-33-31-28-26-24-22-20-18-16-14-12-10-8-6-4-2/h6,8,12,14,18,20,24,26,55-56,59-63,66-68H,3-5,7,9-11,13,15-17,19,21-23,25,27-54H2,1-2H3/b8-6-,14-12-,20-18-,26-24-. The minimum atomic E-state index is -1.60. The summed E-state index contributed by atoms with van der Waals surface area (Å²) in [6.07, 6.45) is 58.5.